The molecule has 0 aliphatic heterocycles. The molecule has 0 fully saturated rings. The molecular weight excluding hydrogens is 947 g/mol. The van der Waals surface area contributed by atoms with Crippen LogP contribution in [-0.4, -0.2) is 47.4 Å². The van der Waals surface area contributed by atoms with Crippen molar-refractivity contribution in [3.8, 4) is 0 Å². The molecule has 450 valence electrons. The van der Waals surface area contributed by atoms with Crippen molar-refractivity contribution in [1.82, 2.24) is 5.32 Å². The molecule has 6 nitrogen and oxygen atoms in total. The van der Waals surface area contributed by atoms with E-state index in [-0.39, 0.29) is 18.5 Å². The standard InChI is InChI=1S/C71H131NO5/c1-3-5-7-9-11-13-15-17-19-20-21-22-23-24-26-29-32-36-39-43-47-51-55-59-63-69(74)68(67-73)72-70(75)64-60-56-52-48-44-40-37-33-30-27-25-28-31-34-38-42-46-50-54-58-62-66-77-71(76)65-61-57-53-49-45-41-35-18-16-14-12-10-8-6-4-2/h12,14,18,35,42,46,54,58-59,63,68-69,73-74H,3-11,13,15-17,19-34,36-41,43-45,47-53,55-57,60-62,64-67H2,1-2H3,(H,72,75)/b14-12-,35-18-,46-42-,58-54-,63-59+. The molecule has 0 saturated heterocycles. The average Bonchev–Trinajstić information content (AvgIpc) is 3.43. The predicted octanol–water partition coefficient (Wildman–Crippen LogP) is 21.9. The lowest BCUT2D eigenvalue weighted by Crippen LogP contribution is -2.45. The molecule has 0 rings (SSSR count). The fourth-order valence-corrected chi connectivity index (χ4v) is 10.3. The van der Waals surface area contributed by atoms with Crippen LogP contribution in [0, 0.1) is 0 Å². The predicted molar refractivity (Wildman–Crippen MR) is 338 cm³/mol. The molecule has 0 aromatic carbocycles. The summed E-state index contributed by atoms with van der Waals surface area (Å²) >= 11 is 0. The number of allylic oxidation sites excluding steroid dienone is 8. The minimum atomic E-state index is -0.851. The normalized spacial score (nSPS) is 12.9. The Kier molecular flexibility index (Phi) is 64.0. The molecule has 0 saturated carbocycles. The zero-order chi connectivity index (χ0) is 55.7. The third-order valence-corrected chi connectivity index (χ3v) is 15.5. The van der Waals surface area contributed by atoms with E-state index in [2.05, 4.69) is 67.8 Å². The number of ether oxygens (including phenoxy) is 1. The van der Waals surface area contributed by atoms with Crippen LogP contribution in [-0.2, 0) is 14.3 Å². The molecule has 0 bridgehead atoms. The van der Waals surface area contributed by atoms with Gasteiger partial charge in [0.2, 0.25) is 5.91 Å². The highest BCUT2D eigenvalue weighted by molar-refractivity contribution is 5.76. The Morgan fingerprint density at radius 2 is 0.649 bits per heavy atom. The zero-order valence-corrected chi connectivity index (χ0v) is 51.4. The van der Waals surface area contributed by atoms with Gasteiger partial charge in [0, 0.05) is 12.8 Å². The number of unbranched alkanes of at least 4 members (excludes halogenated alkanes) is 44. The fourth-order valence-electron chi connectivity index (χ4n) is 10.3. The van der Waals surface area contributed by atoms with Gasteiger partial charge in [-0.3, -0.25) is 9.59 Å². The highest BCUT2D eigenvalue weighted by Gasteiger charge is 2.18. The van der Waals surface area contributed by atoms with Crippen LogP contribution in [0.1, 0.15) is 354 Å². The molecule has 2 atom stereocenters. The number of nitrogens with one attached hydrogen (secondary N) is 1. The molecule has 0 aromatic rings. The van der Waals surface area contributed by atoms with Gasteiger partial charge in [0.15, 0.2) is 0 Å². The summed E-state index contributed by atoms with van der Waals surface area (Å²) in [6.45, 7) is 4.78. The van der Waals surface area contributed by atoms with Gasteiger partial charge < -0.3 is 20.3 Å². The average molecular weight is 1080 g/mol. The Balaban J connectivity index is 3.49. The lowest BCUT2D eigenvalue weighted by atomic mass is 10.0. The van der Waals surface area contributed by atoms with Crippen molar-refractivity contribution in [1.29, 1.82) is 0 Å². The van der Waals surface area contributed by atoms with Crippen molar-refractivity contribution in [3.63, 3.8) is 0 Å². The summed E-state index contributed by atoms with van der Waals surface area (Å²) in [6.07, 6.45) is 87.2. The Morgan fingerprint density at radius 3 is 1.01 bits per heavy atom. The second-order valence-electron chi connectivity index (χ2n) is 23.1. The van der Waals surface area contributed by atoms with Crippen molar-refractivity contribution < 1.29 is 24.5 Å². The van der Waals surface area contributed by atoms with Crippen LogP contribution in [0.4, 0.5) is 0 Å². The quantitative estimate of drug-likeness (QED) is 0.0320. The molecule has 0 aliphatic carbocycles. The summed E-state index contributed by atoms with van der Waals surface area (Å²) in [4.78, 5) is 24.6. The Morgan fingerprint density at radius 1 is 0.364 bits per heavy atom. The first-order chi connectivity index (χ1) is 38.0. The fraction of sp³-hybridized carbons (Fsp3) is 0.831. The van der Waals surface area contributed by atoms with Gasteiger partial charge in [-0.1, -0.05) is 319 Å². The molecule has 1 amide bonds. The van der Waals surface area contributed by atoms with Crippen LogP contribution in [0.25, 0.3) is 0 Å². The highest BCUT2D eigenvalue weighted by atomic mass is 16.5. The number of esters is 1. The number of hydrogen-bond donors (Lipinski definition) is 3. The van der Waals surface area contributed by atoms with E-state index in [0.29, 0.717) is 19.4 Å². The lowest BCUT2D eigenvalue weighted by Gasteiger charge is -2.20. The number of aliphatic hydroxyl groups is 2. The molecule has 0 aromatic heterocycles. The molecule has 6 heteroatoms. The highest BCUT2D eigenvalue weighted by Crippen LogP contribution is 2.18. The monoisotopic (exact) mass is 1080 g/mol. The largest absolute Gasteiger partial charge is 0.465 e. The number of amides is 1. The van der Waals surface area contributed by atoms with Crippen LogP contribution < -0.4 is 5.32 Å². The van der Waals surface area contributed by atoms with E-state index in [1.54, 1.807) is 6.08 Å². The van der Waals surface area contributed by atoms with E-state index in [0.717, 1.165) is 64.2 Å². The SMILES string of the molecule is CCCCC/C=C\C/C=C\CCCCCCCC(=O)OCC/C=C\C/C=C\CCCCCCCCCCCCCCCCC(=O)NC(CO)C(O)/C=C/CCCCCCCCCCCCCCCCCCCCCCCC. The van der Waals surface area contributed by atoms with Gasteiger partial charge >= 0.3 is 5.97 Å². The first-order valence-electron chi connectivity index (χ1n) is 34.1. The zero-order valence-electron chi connectivity index (χ0n) is 51.4. The Hall–Kier alpha value is -2.44. The Bertz CT molecular complexity index is 1340. The van der Waals surface area contributed by atoms with Gasteiger partial charge in [0.1, 0.15) is 0 Å². The molecule has 0 spiro atoms. The van der Waals surface area contributed by atoms with Crippen molar-refractivity contribution in [3.05, 3.63) is 60.8 Å². The van der Waals surface area contributed by atoms with Crippen LogP contribution >= 0.6 is 0 Å². The lowest BCUT2D eigenvalue weighted by molar-refractivity contribution is -0.143. The summed E-state index contributed by atoms with van der Waals surface area (Å²) in [6, 6.07) is -0.635. The molecular formula is C71H131NO5. The van der Waals surface area contributed by atoms with Gasteiger partial charge in [-0.25, -0.2) is 0 Å². The number of aliphatic hydroxyl groups excluding tert-OH is 2. The minimum Gasteiger partial charge on any atom is -0.465 e. The third-order valence-electron chi connectivity index (χ3n) is 15.5. The van der Waals surface area contributed by atoms with Gasteiger partial charge in [0.25, 0.3) is 0 Å². The second kappa shape index (κ2) is 66.1. The van der Waals surface area contributed by atoms with E-state index in [9.17, 15) is 19.8 Å². The number of hydrogen-bond acceptors (Lipinski definition) is 5. The maximum absolute atomic E-state index is 12.5. The van der Waals surface area contributed by atoms with E-state index in [4.69, 9.17) is 4.74 Å². The number of carbonyl (C=O) groups is 2. The molecule has 2 unspecified atom stereocenters. The van der Waals surface area contributed by atoms with Crippen LogP contribution in [0.5, 0.6) is 0 Å². The van der Waals surface area contributed by atoms with Gasteiger partial charge in [-0.05, 0) is 83.5 Å². The first-order valence-corrected chi connectivity index (χ1v) is 34.1. The number of rotatable bonds is 63. The van der Waals surface area contributed by atoms with Crippen LogP contribution in [0.2, 0.25) is 0 Å². The molecule has 3 N–H and O–H groups in total. The summed E-state index contributed by atoms with van der Waals surface area (Å²) in [5.74, 6) is -0.120. The summed E-state index contributed by atoms with van der Waals surface area (Å²) < 4.78 is 5.41. The van der Waals surface area contributed by atoms with E-state index in [1.807, 2.05) is 6.08 Å². The maximum Gasteiger partial charge on any atom is 0.305 e. The molecule has 77 heavy (non-hydrogen) atoms. The molecule has 0 aliphatic rings. The topological polar surface area (TPSA) is 95.9 Å². The smallest absolute Gasteiger partial charge is 0.305 e. The maximum atomic E-state index is 12.5. The first kappa shape index (κ1) is 74.6. The summed E-state index contributed by atoms with van der Waals surface area (Å²) in [5, 5.41) is 23.3. The van der Waals surface area contributed by atoms with E-state index >= 15 is 0 Å². The summed E-state index contributed by atoms with van der Waals surface area (Å²) in [5.41, 5.74) is 0. The van der Waals surface area contributed by atoms with E-state index in [1.165, 1.54) is 263 Å². The summed E-state index contributed by atoms with van der Waals surface area (Å²) in [7, 11) is 0. The van der Waals surface area contributed by atoms with Crippen LogP contribution in [0.3, 0.4) is 0 Å². The van der Waals surface area contributed by atoms with Crippen molar-refractivity contribution in [2.45, 2.75) is 366 Å². The number of carbonyl (C=O) groups excluding carboxylic acids is 2. The minimum absolute atomic E-state index is 0.0499. The van der Waals surface area contributed by atoms with Gasteiger partial charge in [0.05, 0.1) is 25.4 Å². The second-order valence-corrected chi connectivity index (χ2v) is 23.1. The third kappa shape index (κ3) is 62.6. The van der Waals surface area contributed by atoms with Gasteiger partial charge in [-0.15, -0.1) is 0 Å². The molecule has 0 radical (unpaired) electrons. The molecule has 0 heterocycles. The van der Waals surface area contributed by atoms with Crippen LogP contribution in [0.15, 0.2) is 60.8 Å². The van der Waals surface area contributed by atoms with Crippen molar-refractivity contribution in [2.75, 3.05) is 13.2 Å². The van der Waals surface area contributed by atoms with Crippen molar-refractivity contribution >= 4 is 11.9 Å². The van der Waals surface area contributed by atoms with E-state index < -0.39 is 12.1 Å². The Labute approximate surface area is 479 Å². The van der Waals surface area contributed by atoms with Gasteiger partial charge in [-0.2, -0.15) is 0 Å². The van der Waals surface area contributed by atoms with Crippen molar-refractivity contribution in [2.24, 2.45) is 0 Å².